The molecule has 90 valence electrons. The van der Waals surface area contributed by atoms with E-state index in [1.54, 1.807) is 12.5 Å². The minimum absolute atomic E-state index is 0.641. The van der Waals surface area contributed by atoms with Crippen molar-refractivity contribution in [1.82, 2.24) is 9.55 Å². The summed E-state index contributed by atoms with van der Waals surface area (Å²) in [5.41, 5.74) is 1.46. The zero-order valence-corrected chi connectivity index (χ0v) is 10.00. The highest BCUT2D eigenvalue weighted by molar-refractivity contribution is 5.31. The standard InChI is InChI=1S/C13H16N2O2/c1-3-17-11-6-4-10(5-7-11)13(16)12-8-15(2)9-14-12/h4-9,13,16H,3H2,1-2H3. The first-order valence-electron chi connectivity index (χ1n) is 5.59. The lowest BCUT2D eigenvalue weighted by Crippen LogP contribution is -2.00. The van der Waals surface area contributed by atoms with E-state index in [0.717, 1.165) is 11.3 Å². The van der Waals surface area contributed by atoms with Gasteiger partial charge in [-0.2, -0.15) is 0 Å². The molecule has 1 atom stereocenters. The monoisotopic (exact) mass is 232 g/mol. The molecule has 0 saturated heterocycles. The first-order valence-corrected chi connectivity index (χ1v) is 5.59. The van der Waals surface area contributed by atoms with Crippen molar-refractivity contribution < 1.29 is 9.84 Å². The summed E-state index contributed by atoms with van der Waals surface area (Å²) in [5, 5.41) is 10.1. The van der Waals surface area contributed by atoms with Crippen molar-refractivity contribution in [1.29, 1.82) is 0 Å². The predicted octanol–water partition coefficient (Wildman–Crippen LogP) is 1.90. The maximum atomic E-state index is 10.1. The van der Waals surface area contributed by atoms with Gasteiger partial charge in [0.25, 0.3) is 0 Å². The Kier molecular flexibility index (Phi) is 3.44. The number of aliphatic hydroxyl groups excluding tert-OH is 1. The smallest absolute Gasteiger partial charge is 0.123 e. The molecule has 0 bridgehead atoms. The number of aryl methyl sites for hydroxylation is 1. The van der Waals surface area contributed by atoms with Crippen LogP contribution in [0.5, 0.6) is 5.75 Å². The van der Waals surface area contributed by atoms with Crippen LogP contribution in [0.4, 0.5) is 0 Å². The minimum Gasteiger partial charge on any atom is -0.494 e. The first kappa shape index (κ1) is 11.7. The molecule has 0 aliphatic heterocycles. The van der Waals surface area contributed by atoms with E-state index in [1.165, 1.54) is 0 Å². The summed E-state index contributed by atoms with van der Waals surface area (Å²) < 4.78 is 7.16. The van der Waals surface area contributed by atoms with Crippen LogP contribution >= 0.6 is 0 Å². The fourth-order valence-electron chi connectivity index (χ4n) is 1.66. The predicted molar refractivity (Wildman–Crippen MR) is 64.9 cm³/mol. The Morgan fingerprint density at radius 2 is 2.06 bits per heavy atom. The van der Waals surface area contributed by atoms with Crippen LogP contribution in [0.1, 0.15) is 24.3 Å². The maximum Gasteiger partial charge on any atom is 0.123 e. The quantitative estimate of drug-likeness (QED) is 0.875. The van der Waals surface area contributed by atoms with Crippen molar-refractivity contribution in [2.24, 2.45) is 7.05 Å². The molecule has 0 aliphatic rings. The van der Waals surface area contributed by atoms with E-state index < -0.39 is 6.10 Å². The summed E-state index contributed by atoms with van der Waals surface area (Å²) in [6.45, 7) is 2.58. The Labute approximate surface area is 100 Å². The molecule has 2 rings (SSSR count). The van der Waals surface area contributed by atoms with Crippen LogP contribution in [0.25, 0.3) is 0 Å². The fraction of sp³-hybridized carbons (Fsp3) is 0.308. The van der Waals surface area contributed by atoms with Gasteiger partial charge >= 0.3 is 0 Å². The molecular formula is C13H16N2O2. The number of rotatable bonds is 4. The summed E-state index contributed by atoms with van der Waals surface area (Å²) in [6, 6.07) is 7.41. The number of nitrogens with zero attached hydrogens (tertiary/aromatic N) is 2. The van der Waals surface area contributed by atoms with Gasteiger partial charge in [-0.05, 0) is 24.6 Å². The summed E-state index contributed by atoms with van der Waals surface area (Å²) in [5.74, 6) is 0.810. The van der Waals surface area contributed by atoms with Crippen molar-refractivity contribution in [3.8, 4) is 5.75 Å². The molecule has 2 aromatic rings. The van der Waals surface area contributed by atoms with Gasteiger partial charge < -0.3 is 14.4 Å². The first-order chi connectivity index (χ1) is 8.20. The average Bonchev–Trinajstić information content (AvgIpc) is 2.76. The molecule has 0 fully saturated rings. The van der Waals surface area contributed by atoms with Crippen LogP contribution in [0.3, 0.4) is 0 Å². The zero-order valence-electron chi connectivity index (χ0n) is 10.00. The van der Waals surface area contributed by atoms with E-state index in [0.29, 0.717) is 12.3 Å². The molecule has 1 heterocycles. The highest BCUT2D eigenvalue weighted by Gasteiger charge is 2.12. The van der Waals surface area contributed by atoms with Crippen LogP contribution in [-0.4, -0.2) is 21.3 Å². The Bertz CT molecular complexity index is 476. The molecule has 0 spiro atoms. The normalized spacial score (nSPS) is 12.4. The number of hydrogen-bond acceptors (Lipinski definition) is 3. The summed E-state index contributed by atoms with van der Waals surface area (Å²) in [7, 11) is 1.88. The number of ether oxygens (including phenoxy) is 1. The molecule has 1 aromatic carbocycles. The number of hydrogen-bond donors (Lipinski definition) is 1. The number of aromatic nitrogens is 2. The van der Waals surface area contributed by atoms with E-state index >= 15 is 0 Å². The second-order valence-electron chi connectivity index (χ2n) is 3.87. The average molecular weight is 232 g/mol. The molecule has 1 aromatic heterocycles. The summed E-state index contributed by atoms with van der Waals surface area (Å²) in [4.78, 5) is 4.13. The third-order valence-corrected chi connectivity index (χ3v) is 2.51. The van der Waals surface area contributed by atoms with Gasteiger partial charge in [0, 0.05) is 13.2 Å². The molecule has 0 aliphatic carbocycles. The summed E-state index contributed by atoms with van der Waals surface area (Å²) >= 11 is 0. The van der Waals surface area contributed by atoms with Crippen molar-refractivity contribution >= 4 is 0 Å². The van der Waals surface area contributed by atoms with Crippen molar-refractivity contribution in [3.05, 3.63) is 48.0 Å². The van der Waals surface area contributed by atoms with Gasteiger partial charge in [0.15, 0.2) is 0 Å². The fourth-order valence-corrected chi connectivity index (χ4v) is 1.66. The topological polar surface area (TPSA) is 47.3 Å². The molecule has 17 heavy (non-hydrogen) atoms. The van der Waals surface area contributed by atoms with Crippen LogP contribution in [-0.2, 0) is 7.05 Å². The van der Waals surface area contributed by atoms with Crippen LogP contribution in [0.15, 0.2) is 36.8 Å². The van der Waals surface area contributed by atoms with E-state index in [2.05, 4.69) is 4.98 Å². The minimum atomic E-state index is -0.688. The van der Waals surface area contributed by atoms with E-state index in [1.807, 2.05) is 42.8 Å². The largest absolute Gasteiger partial charge is 0.494 e. The third-order valence-electron chi connectivity index (χ3n) is 2.51. The van der Waals surface area contributed by atoms with Gasteiger partial charge in [-0.25, -0.2) is 4.98 Å². The van der Waals surface area contributed by atoms with E-state index in [4.69, 9.17) is 4.74 Å². The lowest BCUT2D eigenvalue weighted by molar-refractivity contribution is 0.215. The molecule has 0 amide bonds. The van der Waals surface area contributed by atoms with Gasteiger partial charge in [0.2, 0.25) is 0 Å². The summed E-state index contributed by atoms with van der Waals surface area (Å²) in [6.07, 6.45) is 2.79. The lowest BCUT2D eigenvalue weighted by Gasteiger charge is -2.09. The molecule has 4 heteroatoms. The lowest BCUT2D eigenvalue weighted by atomic mass is 10.1. The van der Waals surface area contributed by atoms with Gasteiger partial charge in [-0.1, -0.05) is 12.1 Å². The number of imidazole rings is 1. The van der Waals surface area contributed by atoms with Crippen molar-refractivity contribution in [3.63, 3.8) is 0 Å². The SMILES string of the molecule is CCOc1ccc(C(O)c2cn(C)cn2)cc1. The van der Waals surface area contributed by atoms with Crippen LogP contribution < -0.4 is 4.74 Å². The highest BCUT2D eigenvalue weighted by atomic mass is 16.5. The van der Waals surface area contributed by atoms with E-state index in [9.17, 15) is 5.11 Å². The second-order valence-corrected chi connectivity index (χ2v) is 3.87. The van der Waals surface area contributed by atoms with Crippen LogP contribution in [0, 0.1) is 0 Å². The molecule has 0 saturated carbocycles. The third kappa shape index (κ3) is 2.65. The Hall–Kier alpha value is -1.81. The number of aliphatic hydroxyl groups is 1. The molecule has 0 radical (unpaired) electrons. The molecule has 4 nitrogen and oxygen atoms in total. The molecule has 1 N–H and O–H groups in total. The Balaban J connectivity index is 2.16. The maximum absolute atomic E-state index is 10.1. The van der Waals surface area contributed by atoms with Gasteiger partial charge in [0.1, 0.15) is 11.9 Å². The zero-order chi connectivity index (χ0) is 12.3. The molecule has 1 unspecified atom stereocenters. The van der Waals surface area contributed by atoms with E-state index in [-0.39, 0.29) is 0 Å². The highest BCUT2D eigenvalue weighted by Crippen LogP contribution is 2.22. The van der Waals surface area contributed by atoms with Gasteiger partial charge in [-0.15, -0.1) is 0 Å². The van der Waals surface area contributed by atoms with Crippen molar-refractivity contribution in [2.75, 3.05) is 6.61 Å². The second kappa shape index (κ2) is 5.01. The Morgan fingerprint density at radius 3 is 2.59 bits per heavy atom. The van der Waals surface area contributed by atoms with Crippen LogP contribution in [0.2, 0.25) is 0 Å². The van der Waals surface area contributed by atoms with Crippen molar-refractivity contribution in [2.45, 2.75) is 13.0 Å². The van der Waals surface area contributed by atoms with Gasteiger partial charge in [0.05, 0.1) is 18.6 Å². The van der Waals surface area contributed by atoms with Gasteiger partial charge in [-0.3, -0.25) is 0 Å². The Morgan fingerprint density at radius 1 is 1.35 bits per heavy atom. The number of benzene rings is 1. The molecular weight excluding hydrogens is 216 g/mol.